The Labute approximate surface area is 165 Å². The summed E-state index contributed by atoms with van der Waals surface area (Å²) in [5, 5.41) is 8.61. The maximum Gasteiger partial charge on any atom is 0.251 e. The van der Waals surface area contributed by atoms with Gasteiger partial charge in [-0.3, -0.25) is 9.59 Å². The van der Waals surface area contributed by atoms with Gasteiger partial charge >= 0.3 is 0 Å². The first-order valence-corrected chi connectivity index (χ1v) is 9.26. The largest absolute Gasteiger partial charge is 0.494 e. The molecule has 0 heterocycles. The minimum absolute atomic E-state index is 0.122. The fourth-order valence-electron chi connectivity index (χ4n) is 2.38. The number of rotatable bonds is 11. The number of nitrogens with one attached hydrogen (secondary N) is 3. The fourth-order valence-corrected chi connectivity index (χ4v) is 2.38. The molecule has 0 saturated heterocycles. The SMILES string of the molecule is CCCOc1cccc(NCC(=O)Nc2ccc(C(=O)NCCOC)cc2)c1. The van der Waals surface area contributed by atoms with Crippen LogP contribution in [0.1, 0.15) is 23.7 Å². The molecule has 0 saturated carbocycles. The van der Waals surface area contributed by atoms with Gasteiger partial charge in [-0.05, 0) is 42.8 Å². The molecule has 0 aliphatic carbocycles. The summed E-state index contributed by atoms with van der Waals surface area (Å²) in [6.45, 7) is 3.73. The van der Waals surface area contributed by atoms with E-state index >= 15 is 0 Å². The summed E-state index contributed by atoms with van der Waals surface area (Å²) in [6.07, 6.45) is 0.938. The van der Waals surface area contributed by atoms with Crippen LogP contribution < -0.4 is 20.7 Å². The molecular weight excluding hydrogens is 358 g/mol. The van der Waals surface area contributed by atoms with Crippen LogP contribution in [0.2, 0.25) is 0 Å². The van der Waals surface area contributed by atoms with Crippen molar-refractivity contribution in [2.24, 2.45) is 0 Å². The van der Waals surface area contributed by atoms with Crippen LogP contribution in [0.5, 0.6) is 5.75 Å². The van der Waals surface area contributed by atoms with Gasteiger partial charge in [0.25, 0.3) is 5.91 Å². The van der Waals surface area contributed by atoms with Gasteiger partial charge in [-0.25, -0.2) is 0 Å². The molecule has 0 aliphatic rings. The van der Waals surface area contributed by atoms with Gasteiger partial charge in [0.15, 0.2) is 0 Å². The molecule has 0 aliphatic heterocycles. The van der Waals surface area contributed by atoms with Crippen LogP contribution in [0.25, 0.3) is 0 Å². The van der Waals surface area contributed by atoms with Crippen molar-refractivity contribution in [3.8, 4) is 5.75 Å². The van der Waals surface area contributed by atoms with Crippen LogP contribution in [0.4, 0.5) is 11.4 Å². The summed E-state index contributed by atoms with van der Waals surface area (Å²) >= 11 is 0. The quantitative estimate of drug-likeness (QED) is 0.518. The van der Waals surface area contributed by atoms with E-state index in [0.717, 1.165) is 17.9 Å². The van der Waals surface area contributed by atoms with E-state index in [2.05, 4.69) is 16.0 Å². The molecule has 7 nitrogen and oxygen atoms in total. The molecule has 0 spiro atoms. The number of carbonyl (C=O) groups is 2. The lowest BCUT2D eigenvalue weighted by Crippen LogP contribution is -2.27. The molecule has 150 valence electrons. The average molecular weight is 385 g/mol. The third-order valence-corrected chi connectivity index (χ3v) is 3.78. The Morgan fingerprint density at radius 1 is 1.00 bits per heavy atom. The molecule has 0 radical (unpaired) electrons. The second-order valence-corrected chi connectivity index (χ2v) is 6.10. The molecule has 3 N–H and O–H groups in total. The van der Waals surface area contributed by atoms with Gasteiger partial charge in [0.05, 0.1) is 19.8 Å². The smallest absolute Gasteiger partial charge is 0.251 e. The number of carbonyl (C=O) groups excluding carboxylic acids is 2. The first-order chi connectivity index (χ1) is 13.6. The predicted octanol–water partition coefficient (Wildman–Crippen LogP) is 2.90. The van der Waals surface area contributed by atoms with Gasteiger partial charge in [-0.1, -0.05) is 13.0 Å². The summed E-state index contributed by atoms with van der Waals surface area (Å²) in [4.78, 5) is 24.1. The number of hydrogen-bond donors (Lipinski definition) is 3. The van der Waals surface area contributed by atoms with Gasteiger partial charge in [-0.15, -0.1) is 0 Å². The second kappa shape index (κ2) is 11.6. The molecule has 0 atom stereocenters. The molecule has 7 heteroatoms. The van der Waals surface area contributed by atoms with E-state index < -0.39 is 0 Å². The lowest BCUT2D eigenvalue weighted by Gasteiger charge is -2.10. The third kappa shape index (κ3) is 7.28. The second-order valence-electron chi connectivity index (χ2n) is 6.10. The Morgan fingerprint density at radius 3 is 2.50 bits per heavy atom. The van der Waals surface area contributed by atoms with Crippen LogP contribution >= 0.6 is 0 Å². The molecule has 2 aromatic carbocycles. The number of benzene rings is 2. The summed E-state index contributed by atoms with van der Waals surface area (Å²) in [5.74, 6) is 0.408. The zero-order valence-corrected chi connectivity index (χ0v) is 16.3. The van der Waals surface area contributed by atoms with Crippen molar-refractivity contribution in [3.05, 3.63) is 54.1 Å². The Kier molecular flexibility index (Phi) is 8.81. The zero-order valence-electron chi connectivity index (χ0n) is 16.3. The molecule has 0 bridgehead atoms. The Hall–Kier alpha value is -3.06. The van der Waals surface area contributed by atoms with E-state index in [0.29, 0.717) is 31.0 Å². The van der Waals surface area contributed by atoms with E-state index in [1.54, 1.807) is 31.4 Å². The van der Waals surface area contributed by atoms with Crippen LogP contribution in [-0.2, 0) is 9.53 Å². The minimum Gasteiger partial charge on any atom is -0.494 e. The summed E-state index contributed by atoms with van der Waals surface area (Å²) < 4.78 is 10.5. The lowest BCUT2D eigenvalue weighted by molar-refractivity contribution is -0.114. The monoisotopic (exact) mass is 385 g/mol. The molecule has 28 heavy (non-hydrogen) atoms. The molecule has 0 unspecified atom stereocenters. The standard InChI is InChI=1S/C21H27N3O4/c1-3-12-28-19-6-4-5-18(14-19)23-15-20(25)24-17-9-7-16(8-10-17)21(26)22-11-13-27-2/h4-10,14,23H,3,11-13,15H2,1-2H3,(H,22,26)(H,24,25). The van der Waals surface area contributed by atoms with Crippen LogP contribution in [0, 0.1) is 0 Å². The van der Waals surface area contributed by atoms with Crippen molar-refractivity contribution in [2.45, 2.75) is 13.3 Å². The van der Waals surface area contributed by atoms with Crippen molar-refractivity contribution in [3.63, 3.8) is 0 Å². The highest BCUT2D eigenvalue weighted by Crippen LogP contribution is 2.17. The highest BCUT2D eigenvalue weighted by molar-refractivity contribution is 5.96. The van der Waals surface area contributed by atoms with Crippen LogP contribution in [-0.4, -0.2) is 45.2 Å². The number of anilines is 2. The van der Waals surface area contributed by atoms with E-state index in [4.69, 9.17) is 9.47 Å². The molecule has 2 amide bonds. The van der Waals surface area contributed by atoms with E-state index in [1.165, 1.54) is 0 Å². The van der Waals surface area contributed by atoms with Crippen molar-refractivity contribution in [2.75, 3.05) is 44.0 Å². The minimum atomic E-state index is -0.183. The molecule has 2 rings (SSSR count). The van der Waals surface area contributed by atoms with Crippen molar-refractivity contribution in [1.82, 2.24) is 5.32 Å². The van der Waals surface area contributed by atoms with Gasteiger partial charge < -0.3 is 25.4 Å². The van der Waals surface area contributed by atoms with E-state index in [-0.39, 0.29) is 18.4 Å². The van der Waals surface area contributed by atoms with Gasteiger partial charge in [0.1, 0.15) is 5.75 Å². The Balaban J connectivity index is 1.80. The van der Waals surface area contributed by atoms with Gasteiger partial charge in [0.2, 0.25) is 5.91 Å². The molecule has 2 aromatic rings. The van der Waals surface area contributed by atoms with Gasteiger partial charge in [-0.2, -0.15) is 0 Å². The highest BCUT2D eigenvalue weighted by Gasteiger charge is 2.07. The summed E-state index contributed by atoms with van der Waals surface area (Å²) in [5.41, 5.74) is 1.96. The number of amides is 2. The van der Waals surface area contributed by atoms with Crippen molar-refractivity contribution < 1.29 is 19.1 Å². The fraction of sp³-hybridized carbons (Fsp3) is 0.333. The first kappa shape index (κ1) is 21.2. The molecule has 0 aromatic heterocycles. The maximum atomic E-state index is 12.1. The van der Waals surface area contributed by atoms with Crippen molar-refractivity contribution >= 4 is 23.2 Å². The highest BCUT2D eigenvalue weighted by atomic mass is 16.5. The van der Waals surface area contributed by atoms with Gasteiger partial charge in [0, 0.05) is 36.7 Å². The zero-order chi connectivity index (χ0) is 20.2. The number of ether oxygens (including phenoxy) is 2. The lowest BCUT2D eigenvalue weighted by atomic mass is 10.2. The van der Waals surface area contributed by atoms with Crippen LogP contribution in [0.15, 0.2) is 48.5 Å². The molecule has 0 fully saturated rings. The maximum absolute atomic E-state index is 12.1. The molecular formula is C21H27N3O4. The normalized spacial score (nSPS) is 10.2. The summed E-state index contributed by atoms with van der Waals surface area (Å²) in [6, 6.07) is 14.2. The topological polar surface area (TPSA) is 88.7 Å². The first-order valence-electron chi connectivity index (χ1n) is 9.26. The summed E-state index contributed by atoms with van der Waals surface area (Å²) in [7, 11) is 1.58. The number of methoxy groups -OCH3 is 1. The average Bonchev–Trinajstić information content (AvgIpc) is 2.71. The Bertz CT molecular complexity index is 763. The van der Waals surface area contributed by atoms with E-state index in [9.17, 15) is 9.59 Å². The van der Waals surface area contributed by atoms with Crippen LogP contribution in [0.3, 0.4) is 0 Å². The predicted molar refractivity (Wildman–Crippen MR) is 110 cm³/mol. The number of hydrogen-bond acceptors (Lipinski definition) is 5. The Morgan fingerprint density at radius 2 is 1.79 bits per heavy atom. The third-order valence-electron chi connectivity index (χ3n) is 3.78. The van der Waals surface area contributed by atoms with E-state index in [1.807, 2.05) is 31.2 Å². The van der Waals surface area contributed by atoms with Crippen molar-refractivity contribution in [1.29, 1.82) is 0 Å².